The highest BCUT2D eigenvalue weighted by atomic mass is 15.3. The summed E-state index contributed by atoms with van der Waals surface area (Å²) in [4.78, 5) is 5.29. The lowest BCUT2D eigenvalue weighted by Gasteiger charge is -2.50. The van der Waals surface area contributed by atoms with Crippen LogP contribution in [-0.4, -0.2) is 12.3 Å². The van der Waals surface area contributed by atoms with Crippen LogP contribution in [0.15, 0.2) is 103 Å². The maximum atomic E-state index is 2.74. The van der Waals surface area contributed by atoms with E-state index >= 15 is 0 Å². The van der Waals surface area contributed by atoms with Gasteiger partial charge in [0.1, 0.15) is 0 Å². The molecule has 0 bridgehead atoms. The third kappa shape index (κ3) is 3.21. The summed E-state index contributed by atoms with van der Waals surface area (Å²) in [6.07, 6.45) is 5.02. The Morgan fingerprint density at radius 2 is 1.35 bits per heavy atom. The average molecular weight is 557 g/mol. The zero-order valence-corrected chi connectivity index (χ0v) is 25.6. The van der Waals surface area contributed by atoms with Crippen molar-refractivity contribution in [2.75, 3.05) is 9.80 Å². The van der Waals surface area contributed by atoms with Crippen LogP contribution in [-0.2, 0) is 5.41 Å². The molecule has 0 saturated heterocycles. The van der Waals surface area contributed by atoms with E-state index in [1.54, 1.807) is 0 Å². The fraction of sp³-hybridized carbons (Fsp3) is 0.250. The Morgan fingerprint density at radius 1 is 0.605 bits per heavy atom. The number of aryl methyl sites for hydroxylation is 2. The second-order valence-electron chi connectivity index (χ2n) is 13.8. The first-order valence-corrected chi connectivity index (χ1v) is 16.0. The van der Waals surface area contributed by atoms with Gasteiger partial charge in [0.15, 0.2) is 0 Å². The van der Waals surface area contributed by atoms with Crippen LogP contribution in [0.3, 0.4) is 0 Å². The second kappa shape index (κ2) is 8.66. The molecule has 0 amide bonds. The van der Waals surface area contributed by atoms with E-state index in [0.29, 0.717) is 0 Å². The maximum absolute atomic E-state index is 2.74. The van der Waals surface area contributed by atoms with Crippen molar-refractivity contribution in [3.8, 4) is 11.1 Å². The Labute approximate surface area is 256 Å². The fourth-order valence-corrected chi connectivity index (χ4v) is 9.25. The molecule has 4 aliphatic rings. The van der Waals surface area contributed by atoms with Gasteiger partial charge in [-0.25, -0.2) is 0 Å². The standard InChI is InChI=1S/C40H37BN2/c1-26-15-18-28(19-16-26)42-36-20-17-27(2)23-34(36)41-33-13-7-5-11-30(33)31-24-29(25-37(42)38(31)41)43-35-14-8-6-12-32(35)39(3)21-9-10-22-40(39,43)4/h5-8,11-20,23-25H,9-10,21-22H2,1-4H3. The van der Waals surface area contributed by atoms with Gasteiger partial charge in [0, 0.05) is 33.9 Å². The van der Waals surface area contributed by atoms with Gasteiger partial charge in [0.05, 0.1) is 5.54 Å². The maximum Gasteiger partial charge on any atom is 0.248 e. The SMILES string of the molecule is Cc1ccc(N2c3ccc(C)cc3B3c4ccccc4-c4cc(N5c6ccccc6C6(C)CCCCC56C)cc2c43)cc1. The molecule has 5 aromatic carbocycles. The van der Waals surface area contributed by atoms with E-state index in [1.165, 1.54) is 98.3 Å². The molecule has 210 valence electrons. The monoisotopic (exact) mass is 556 g/mol. The van der Waals surface area contributed by atoms with Crippen molar-refractivity contribution in [1.29, 1.82) is 0 Å². The second-order valence-corrected chi connectivity index (χ2v) is 13.8. The van der Waals surface area contributed by atoms with Crippen molar-refractivity contribution < 1.29 is 0 Å². The summed E-state index contributed by atoms with van der Waals surface area (Å²) in [5, 5.41) is 0. The molecule has 2 nitrogen and oxygen atoms in total. The normalized spacial score (nSPS) is 22.6. The molecule has 0 N–H and O–H groups in total. The number of fused-ring (bicyclic) bond motifs is 8. The Hall–Kier alpha value is -4.24. The number of para-hydroxylation sites is 1. The molecule has 5 aromatic rings. The summed E-state index contributed by atoms with van der Waals surface area (Å²) in [5.41, 5.74) is 17.9. The van der Waals surface area contributed by atoms with Gasteiger partial charge in [-0.15, -0.1) is 0 Å². The van der Waals surface area contributed by atoms with Crippen LogP contribution >= 0.6 is 0 Å². The molecular weight excluding hydrogens is 519 g/mol. The molecule has 2 atom stereocenters. The van der Waals surface area contributed by atoms with Gasteiger partial charge in [-0.05, 0) is 97.6 Å². The first-order chi connectivity index (χ1) is 20.9. The minimum Gasteiger partial charge on any atom is -0.334 e. The predicted molar refractivity (Wildman–Crippen MR) is 183 cm³/mol. The van der Waals surface area contributed by atoms with Crippen molar-refractivity contribution >= 4 is 51.5 Å². The topological polar surface area (TPSA) is 6.48 Å². The molecule has 0 aromatic heterocycles. The first-order valence-electron chi connectivity index (χ1n) is 16.0. The predicted octanol–water partition coefficient (Wildman–Crippen LogP) is 8.33. The summed E-state index contributed by atoms with van der Waals surface area (Å²) < 4.78 is 0. The summed E-state index contributed by atoms with van der Waals surface area (Å²) in [6, 6.07) is 39.6. The highest BCUT2D eigenvalue weighted by Gasteiger charge is 2.58. The van der Waals surface area contributed by atoms with Crippen LogP contribution < -0.4 is 26.2 Å². The summed E-state index contributed by atoms with van der Waals surface area (Å²) in [5.74, 6) is 0. The van der Waals surface area contributed by atoms with E-state index in [2.05, 4.69) is 141 Å². The minimum atomic E-state index is 0.0196. The van der Waals surface area contributed by atoms with Crippen molar-refractivity contribution in [1.82, 2.24) is 0 Å². The van der Waals surface area contributed by atoms with Gasteiger partial charge in [-0.1, -0.05) is 103 Å². The van der Waals surface area contributed by atoms with E-state index in [4.69, 9.17) is 0 Å². The summed E-state index contributed by atoms with van der Waals surface area (Å²) in [6.45, 7) is 9.72. The Morgan fingerprint density at radius 3 is 2.21 bits per heavy atom. The van der Waals surface area contributed by atoms with Crippen molar-refractivity contribution in [3.05, 3.63) is 120 Å². The Bertz CT molecular complexity index is 1960. The number of anilines is 5. The molecule has 1 saturated carbocycles. The molecule has 43 heavy (non-hydrogen) atoms. The number of benzene rings is 5. The third-order valence-corrected chi connectivity index (χ3v) is 11.5. The molecule has 1 aliphatic carbocycles. The van der Waals surface area contributed by atoms with Crippen LogP contribution in [0.25, 0.3) is 11.1 Å². The number of nitrogens with zero attached hydrogens (tertiary/aromatic N) is 2. The van der Waals surface area contributed by atoms with Gasteiger partial charge < -0.3 is 9.80 Å². The smallest absolute Gasteiger partial charge is 0.248 e. The Balaban J connectivity index is 1.36. The summed E-state index contributed by atoms with van der Waals surface area (Å²) >= 11 is 0. The minimum absolute atomic E-state index is 0.0196. The van der Waals surface area contributed by atoms with Gasteiger partial charge in [0.25, 0.3) is 0 Å². The highest BCUT2D eigenvalue weighted by Crippen LogP contribution is 2.61. The van der Waals surface area contributed by atoms with Crippen molar-refractivity contribution in [3.63, 3.8) is 0 Å². The number of rotatable bonds is 2. The van der Waals surface area contributed by atoms with Crippen LogP contribution in [0.2, 0.25) is 0 Å². The van der Waals surface area contributed by atoms with Gasteiger partial charge >= 0.3 is 0 Å². The molecule has 2 unspecified atom stereocenters. The van der Waals surface area contributed by atoms with E-state index in [-0.39, 0.29) is 17.7 Å². The van der Waals surface area contributed by atoms with Crippen molar-refractivity contribution in [2.24, 2.45) is 0 Å². The third-order valence-electron chi connectivity index (χ3n) is 11.5. The molecule has 3 heteroatoms. The van der Waals surface area contributed by atoms with E-state index in [9.17, 15) is 0 Å². The van der Waals surface area contributed by atoms with Gasteiger partial charge in [-0.2, -0.15) is 0 Å². The molecule has 0 radical (unpaired) electrons. The first kappa shape index (κ1) is 25.3. The lowest BCUT2D eigenvalue weighted by Crippen LogP contribution is -2.55. The molecule has 0 spiro atoms. The van der Waals surface area contributed by atoms with Gasteiger partial charge in [0.2, 0.25) is 6.71 Å². The van der Waals surface area contributed by atoms with Crippen LogP contribution in [0.5, 0.6) is 0 Å². The molecule has 9 rings (SSSR count). The Kier molecular flexibility index (Phi) is 5.09. The van der Waals surface area contributed by atoms with Crippen LogP contribution in [0.4, 0.5) is 28.4 Å². The van der Waals surface area contributed by atoms with E-state index in [1.807, 2.05) is 0 Å². The van der Waals surface area contributed by atoms with Crippen LogP contribution in [0.1, 0.15) is 56.2 Å². The van der Waals surface area contributed by atoms with E-state index < -0.39 is 0 Å². The summed E-state index contributed by atoms with van der Waals surface area (Å²) in [7, 11) is 0. The molecular formula is C40H37BN2. The van der Waals surface area contributed by atoms with Gasteiger partial charge in [-0.3, -0.25) is 0 Å². The zero-order chi connectivity index (χ0) is 29.1. The van der Waals surface area contributed by atoms with E-state index in [0.717, 1.165) is 0 Å². The lowest BCUT2D eigenvalue weighted by atomic mass is 9.37. The van der Waals surface area contributed by atoms with Crippen LogP contribution in [0, 0.1) is 13.8 Å². The molecule has 3 heterocycles. The average Bonchev–Trinajstić information content (AvgIpc) is 3.46. The molecule has 1 fully saturated rings. The lowest BCUT2D eigenvalue weighted by molar-refractivity contribution is 0.195. The largest absolute Gasteiger partial charge is 0.334 e. The number of hydrogen-bond acceptors (Lipinski definition) is 2. The van der Waals surface area contributed by atoms with Crippen molar-refractivity contribution in [2.45, 2.75) is 64.3 Å². The highest BCUT2D eigenvalue weighted by molar-refractivity contribution is 7.01. The number of hydrogen-bond donors (Lipinski definition) is 0. The quantitative estimate of drug-likeness (QED) is 0.198. The fourth-order valence-electron chi connectivity index (χ4n) is 9.25. The zero-order valence-electron chi connectivity index (χ0n) is 25.6. The molecule has 3 aliphatic heterocycles.